The first-order valence-electron chi connectivity index (χ1n) is 7.52. The van der Waals surface area contributed by atoms with Crippen LogP contribution in [-0.4, -0.2) is 49.6 Å². The van der Waals surface area contributed by atoms with E-state index in [1.54, 1.807) is 13.8 Å². The quantitative estimate of drug-likeness (QED) is 0.456. The van der Waals surface area contributed by atoms with Gasteiger partial charge in [0.15, 0.2) is 0 Å². The highest BCUT2D eigenvalue weighted by Crippen LogP contribution is 2.43. The molecule has 2 heterocycles. The summed E-state index contributed by atoms with van der Waals surface area (Å²) in [5.74, 6) is -0.995. The van der Waals surface area contributed by atoms with Crippen LogP contribution in [0.2, 0.25) is 0 Å². The number of hydrogen-bond donors (Lipinski definition) is 1. The van der Waals surface area contributed by atoms with Gasteiger partial charge in [-0.05, 0) is 19.4 Å². The molecule has 1 aromatic carbocycles. The van der Waals surface area contributed by atoms with E-state index < -0.39 is 44.9 Å². The first-order chi connectivity index (χ1) is 11.4. The number of carbonyl (C=O) groups excluding carboxylic acids is 3. The van der Waals surface area contributed by atoms with Crippen molar-refractivity contribution in [1.29, 1.82) is 0 Å². The van der Waals surface area contributed by atoms with Gasteiger partial charge in [-0.3, -0.25) is 13.8 Å². The maximum absolute atomic E-state index is 12.7. The smallest absolute Gasteiger partial charge is 0.330 e. The minimum atomic E-state index is -1.49. The van der Waals surface area contributed by atoms with Crippen molar-refractivity contribution in [3.05, 3.63) is 35.9 Å². The van der Waals surface area contributed by atoms with E-state index in [1.165, 1.54) is 4.90 Å². The van der Waals surface area contributed by atoms with Gasteiger partial charge in [0.2, 0.25) is 12.3 Å². The van der Waals surface area contributed by atoms with Crippen LogP contribution < -0.4 is 5.32 Å². The Balaban J connectivity index is 1.77. The molecule has 24 heavy (non-hydrogen) atoms. The molecule has 128 valence electrons. The number of β-lactam (4-membered cyclic amide) rings is 1. The highest BCUT2D eigenvalue weighted by Gasteiger charge is 2.68. The Morgan fingerprint density at radius 2 is 2.04 bits per heavy atom. The molecule has 0 radical (unpaired) electrons. The third-order valence-electron chi connectivity index (χ3n) is 4.45. The van der Waals surface area contributed by atoms with Crippen molar-refractivity contribution in [3.8, 4) is 0 Å². The Hall–Kier alpha value is -2.22. The van der Waals surface area contributed by atoms with Gasteiger partial charge in [0, 0.05) is 0 Å². The van der Waals surface area contributed by atoms with Crippen LogP contribution in [0, 0.1) is 0 Å². The second-order valence-electron chi connectivity index (χ2n) is 6.29. The Bertz CT molecular complexity index is 706. The van der Waals surface area contributed by atoms with Crippen molar-refractivity contribution in [2.24, 2.45) is 0 Å². The van der Waals surface area contributed by atoms with Crippen LogP contribution in [0.25, 0.3) is 0 Å². The first kappa shape index (κ1) is 16.6. The lowest BCUT2D eigenvalue weighted by Gasteiger charge is -2.42. The highest BCUT2D eigenvalue weighted by molar-refractivity contribution is 7.87. The molecule has 8 heteroatoms. The molecule has 0 saturated carbocycles. The van der Waals surface area contributed by atoms with Crippen molar-refractivity contribution in [3.63, 3.8) is 0 Å². The van der Waals surface area contributed by atoms with Gasteiger partial charge in [0.05, 0.1) is 15.5 Å². The van der Waals surface area contributed by atoms with Gasteiger partial charge < -0.3 is 15.0 Å². The third-order valence-corrected chi connectivity index (χ3v) is 6.65. The predicted molar refractivity (Wildman–Crippen MR) is 85.9 cm³/mol. The largest absolute Gasteiger partial charge is 0.459 e. The minimum Gasteiger partial charge on any atom is -0.459 e. The molecule has 1 unspecified atom stereocenters. The van der Waals surface area contributed by atoms with Crippen molar-refractivity contribution < 1.29 is 23.3 Å². The average Bonchev–Trinajstić information content (AvgIpc) is 2.76. The van der Waals surface area contributed by atoms with Crippen molar-refractivity contribution >= 4 is 29.1 Å². The average molecular weight is 350 g/mol. The van der Waals surface area contributed by atoms with Crippen molar-refractivity contribution in [1.82, 2.24) is 10.2 Å². The normalized spacial score (nSPS) is 30.2. The van der Waals surface area contributed by atoms with Crippen LogP contribution >= 0.6 is 0 Å². The molecule has 2 saturated heterocycles. The van der Waals surface area contributed by atoms with Crippen LogP contribution in [0.1, 0.15) is 19.4 Å². The summed E-state index contributed by atoms with van der Waals surface area (Å²) in [5.41, 5.74) is 0.828. The Morgan fingerprint density at radius 1 is 1.38 bits per heavy atom. The summed E-state index contributed by atoms with van der Waals surface area (Å²) in [7, 11) is -1.49. The molecule has 7 nitrogen and oxygen atoms in total. The lowest BCUT2D eigenvalue weighted by atomic mass is 9.96. The number of carbonyl (C=O) groups is 3. The standard InChI is InChI=1S/C16H18N2O5S/c1-16(2)12(15(21)23-8-10-6-4-3-5-7-10)18-13(20)11(17-9-19)14(18)24(16)22/h3-7,9,11-12,14H,8H2,1-2H3,(H,17,19)/t11-,12+,14-,24?/m1/s1. The zero-order chi connectivity index (χ0) is 17.5. The number of hydrogen-bond acceptors (Lipinski definition) is 5. The molecule has 4 atom stereocenters. The van der Waals surface area contributed by atoms with Crippen LogP contribution in [0.4, 0.5) is 0 Å². The predicted octanol–water partition coefficient (Wildman–Crippen LogP) is -0.0778. The van der Waals surface area contributed by atoms with E-state index in [9.17, 15) is 18.6 Å². The van der Waals surface area contributed by atoms with E-state index in [1.807, 2.05) is 30.3 Å². The summed E-state index contributed by atoms with van der Waals surface area (Å²) in [6.45, 7) is 3.42. The zero-order valence-corrected chi connectivity index (χ0v) is 14.1. The van der Waals surface area contributed by atoms with E-state index in [4.69, 9.17) is 4.74 Å². The number of ether oxygens (including phenoxy) is 1. The van der Waals surface area contributed by atoms with Crippen LogP contribution in [0.5, 0.6) is 0 Å². The number of rotatable bonds is 5. The minimum absolute atomic E-state index is 0.0849. The monoisotopic (exact) mass is 350 g/mol. The van der Waals surface area contributed by atoms with Gasteiger partial charge in [-0.15, -0.1) is 0 Å². The summed E-state index contributed by atoms with van der Waals surface area (Å²) in [4.78, 5) is 36.7. The molecule has 2 fully saturated rings. The maximum atomic E-state index is 12.7. The van der Waals surface area contributed by atoms with Gasteiger partial charge in [-0.2, -0.15) is 0 Å². The number of benzene rings is 1. The molecule has 0 aromatic heterocycles. The Morgan fingerprint density at radius 3 is 2.67 bits per heavy atom. The van der Waals surface area contributed by atoms with E-state index in [-0.39, 0.29) is 6.61 Å². The molecular weight excluding hydrogens is 332 g/mol. The SMILES string of the molecule is CC1(C)[C@H](C(=O)OCc2ccccc2)N2C(=O)[C@@H](NC=O)[C@H]2S1=O. The third kappa shape index (κ3) is 2.41. The van der Waals surface area contributed by atoms with E-state index in [2.05, 4.69) is 5.32 Å². The van der Waals surface area contributed by atoms with E-state index >= 15 is 0 Å². The fourth-order valence-electron chi connectivity index (χ4n) is 3.18. The molecule has 0 aliphatic carbocycles. The second-order valence-corrected chi connectivity index (χ2v) is 8.42. The van der Waals surface area contributed by atoms with Gasteiger partial charge in [-0.25, -0.2) is 4.79 Å². The number of esters is 1. The number of amides is 2. The van der Waals surface area contributed by atoms with Gasteiger partial charge in [0.1, 0.15) is 24.1 Å². The van der Waals surface area contributed by atoms with Crippen LogP contribution in [-0.2, 0) is 36.5 Å². The molecule has 2 amide bonds. The van der Waals surface area contributed by atoms with Gasteiger partial charge in [-0.1, -0.05) is 30.3 Å². The second kappa shape index (κ2) is 6.01. The van der Waals surface area contributed by atoms with Crippen molar-refractivity contribution in [2.45, 2.75) is 42.7 Å². The summed E-state index contributed by atoms with van der Waals surface area (Å²) in [6, 6.07) is 7.42. The molecule has 1 aromatic rings. The van der Waals surface area contributed by atoms with E-state index in [0.717, 1.165) is 5.56 Å². The van der Waals surface area contributed by atoms with Gasteiger partial charge in [0.25, 0.3) is 0 Å². The lowest BCUT2D eigenvalue weighted by Crippen LogP contribution is -2.70. The fraction of sp³-hybridized carbons (Fsp3) is 0.438. The molecule has 3 rings (SSSR count). The van der Waals surface area contributed by atoms with Crippen LogP contribution in [0.3, 0.4) is 0 Å². The molecule has 0 bridgehead atoms. The van der Waals surface area contributed by atoms with E-state index in [0.29, 0.717) is 6.41 Å². The molecule has 0 spiro atoms. The summed E-state index contributed by atoms with van der Waals surface area (Å²) < 4.78 is 17.0. The Labute approximate surface area is 141 Å². The molecular formula is C16H18N2O5S. The zero-order valence-electron chi connectivity index (χ0n) is 13.3. The molecule has 2 aliphatic rings. The number of nitrogens with one attached hydrogen (secondary N) is 1. The molecule has 2 aliphatic heterocycles. The summed E-state index contributed by atoms with van der Waals surface area (Å²) in [5, 5.41) is 1.68. The van der Waals surface area contributed by atoms with Crippen molar-refractivity contribution in [2.75, 3.05) is 0 Å². The summed E-state index contributed by atoms with van der Waals surface area (Å²) in [6.07, 6.45) is 0.408. The Kier molecular flexibility index (Phi) is 4.16. The first-order valence-corrected chi connectivity index (χ1v) is 8.74. The number of nitrogens with zero attached hydrogens (tertiary/aromatic N) is 1. The topological polar surface area (TPSA) is 92.8 Å². The lowest BCUT2D eigenvalue weighted by molar-refractivity contribution is -0.164. The number of fused-ring (bicyclic) bond motifs is 1. The molecule has 1 N–H and O–H groups in total. The van der Waals surface area contributed by atoms with Crippen LogP contribution in [0.15, 0.2) is 30.3 Å². The summed E-state index contributed by atoms with van der Waals surface area (Å²) >= 11 is 0. The maximum Gasteiger partial charge on any atom is 0.330 e. The van der Waals surface area contributed by atoms with Gasteiger partial charge >= 0.3 is 5.97 Å². The highest BCUT2D eigenvalue weighted by atomic mass is 32.2. The fourth-order valence-corrected chi connectivity index (χ4v) is 5.10.